The maximum atomic E-state index is 13.6. The molecule has 8 nitrogen and oxygen atoms in total. The van der Waals surface area contributed by atoms with Gasteiger partial charge in [-0.1, -0.05) is 103 Å². The molecule has 1 aliphatic rings. The van der Waals surface area contributed by atoms with Crippen molar-refractivity contribution in [3.8, 4) is 0 Å². The van der Waals surface area contributed by atoms with E-state index >= 15 is 0 Å². The first kappa shape index (κ1) is 35.3. The molecule has 0 spiro atoms. The third-order valence-corrected chi connectivity index (χ3v) is 10.2. The zero-order valence-electron chi connectivity index (χ0n) is 27.0. The van der Waals surface area contributed by atoms with Gasteiger partial charge in [-0.3, -0.25) is 24.0 Å². The molecular formula is C40H29Cl2N3O5S. The van der Waals surface area contributed by atoms with Gasteiger partial charge in [0.05, 0.1) is 26.5 Å². The fourth-order valence-electron chi connectivity index (χ4n) is 5.52. The largest absolute Gasteiger partial charge is 0.324 e. The van der Waals surface area contributed by atoms with E-state index in [4.69, 9.17) is 23.2 Å². The molecule has 5 aromatic carbocycles. The van der Waals surface area contributed by atoms with Crippen molar-refractivity contribution >= 4 is 81.7 Å². The van der Waals surface area contributed by atoms with Gasteiger partial charge in [0.15, 0.2) is 11.6 Å². The Balaban J connectivity index is 1.20. The van der Waals surface area contributed by atoms with Gasteiger partial charge in [-0.2, -0.15) is 0 Å². The third kappa shape index (κ3) is 7.81. The molecule has 0 saturated heterocycles. The van der Waals surface area contributed by atoms with Crippen LogP contribution in [0.25, 0.3) is 6.08 Å². The smallest absolute Gasteiger partial charge is 0.272 e. The van der Waals surface area contributed by atoms with Crippen molar-refractivity contribution in [2.75, 3.05) is 10.6 Å². The Morgan fingerprint density at radius 2 is 1.41 bits per heavy atom. The van der Waals surface area contributed by atoms with Gasteiger partial charge in [0, 0.05) is 32.8 Å². The highest BCUT2D eigenvalue weighted by atomic mass is 35.5. The average Bonchev–Trinajstić information content (AvgIpc) is 3.14. The third-order valence-electron chi connectivity index (χ3n) is 8.05. The summed E-state index contributed by atoms with van der Waals surface area (Å²) in [6.07, 6.45) is 1.89. The average molecular weight is 735 g/mol. The van der Waals surface area contributed by atoms with Gasteiger partial charge in [-0.25, -0.2) is 0 Å². The molecule has 0 fully saturated rings. The number of ketones is 2. The fraction of sp³-hybridized carbons (Fsp3) is 0.0750. The molecule has 6 rings (SSSR count). The second kappa shape index (κ2) is 15.6. The monoisotopic (exact) mass is 733 g/mol. The number of nitrogens with one attached hydrogen (secondary N) is 3. The Morgan fingerprint density at radius 3 is 2.16 bits per heavy atom. The first-order chi connectivity index (χ1) is 24.6. The second-order valence-corrected chi connectivity index (χ2v) is 13.5. The van der Waals surface area contributed by atoms with E-state index in [0.29, 0.717) is 39.3 Å². The quantitative estimate of drug-likeness (QED) is 0.0957. The van der Waals surface area contributed by atoms with Crippen LogP contribution < -0.4 is 16.0 Å². The van der Waals surface area contributed by atoms with Crippen LogP contribution in [-0.4, -0.2) is 34.5 Å². The molecule has 0 radical (unpaired) electrons. The Hall–Kier alpha value is -5.48. The Morgan fingerprint density at radius 1 is 0.745 bits per heavy atom. The molecule has 3 N–H and O–H groups in total. The van der Waals surface area contributed by atoms with Crippen LogP contribution in [0.2, 0.25) is 10.0 Å². The molecule has 3 amide bonds. The molecule has 1 unspecified atom stereocenters. The van der Waals surface area contributed by atoms with Gasteiger partial charge in [0.2, 0.25) is 5.91 Å². The van der Waals surface area contributed by atoms with Crippen LogP contribution in [-0.2, 0) is 9.59 Å². The summed E-state index contributed by atoms with van der Waals surface area (Å²) < 4.78 is 0. The minimum atomic E-state index is -0.614. The first-order valence-corrected chi connectivity index (χ1v) is 17.5. The van der Waals surface area contributed by atoms with Crippen LogP contribution in [0.1, 0.15) is 61.1 Å². The first-order valence-electron chi connectivity index (χ1n) is 15.9. The Labute approximate surface area is 308 Å². The molecule has 0 bridgehead atoms. The topological polar surface area (TPSA) is 121 Å². The van der Waals surface area contributed by atoms with Gasteiger partial charge >= 0.3 is 0 Å². The summed E-state index contributed by atoms with van der Waals surface area (Å²) in [4.78, 5) is 67.6. The summed E-state index contributed by atoms with van der Waals surface area (Å²) in [5.74, 6) is -2.06. The summed E-state index contributed by atoms with van der Waals surface area (Å²) in [7, 11) is 0. The van der Waals surface area contributed by atoms with Crippen LogP contribution >= 0.6 is 35.0 Å². The maximum absolute atomic E-state index is 13.6. The summed E-state index contributed by atoms with van der Waals surface area (Å²) >= 11 is 13.9. The number of hydrogen-bond acceptors (Lipinski definition) is 6. The number of carbonyl (C=O) groups is 5. The molecule has 0 aromatic heterocycles. The lowest BCUT2D eigenvalue weighted by molar-refractivity contribution is -0.116. The zero-order valence-corrected chi connectivity index (χ0v) is 29.4. The van der Waals surface area contributed by atoms with Gasteiger partial charge in [0.25, 0.3) is 11.8 Å². The predicted octanol–water partition coefficient (Wildman–Crippen LogP) is 8.69. The normalized spacial score (nSPS) is 12.7. The minimum absolute atomic E-state index is 0.0706. The van der Waals surface area contributed by atoms with Crippen molar-refractivity contribution in [3.63, 3.8) is 0 Å². The Kier molecular flexibility index (Phi) is 10.8. The van der Waals surface area contributed by atoms with E-state index < -0.39 is 17.1 Å². The number of amides is 3. The molecule has 5 aromatic rings. The van der Waals surface area contributed by atoms with Crippen molar-refractivity contribution in [3.05, 3.63) is 164 Å². The summed E-state index contributed by atoms with van der Waals surface area (Å²) in [5.41, 5.74) is 2.43. The summed E-state index contributed by atoms with van der Waals surface area (Å²) in [6, 6.07) is 31.8. The van der Waals surface area contributed by atoms with Crippen molar-refractivity contribution in [1.82, 2.24) is 5.32 Å². The number of anilines is 2. The zero-order chi connectivity index (χ0) is 36.1. The fourth-order valence-corrected chi connectivity index (χ4v) is 6.90. The van der Waals surface area contributed by atoms with E-state index in [1.165, 1.54) is 17.8 Å². The highest BCUT2D eigenvalue weighted by Crippen LogP contribution is 2.34. The van der Waals surface area contributed by atoms with E-state index in [-0.39, 0.29) is 50.0 Å². The van der Waals surface area contributed by atoms with Crippen molar-refractivity contribution in [1.29, 1.82) is 0 Å². The van der Waals surface area contributed by atoms with Crippen molar-refractivity contribution in [2.24, 2.45) is 0 Å². The van der Waals surface area contributed by atoms with Crippen LogP contribution in [0.4, 0.5) is 11.4 Å². The molecule has 0 aliphatic heterocycles. The second-order valence-electron chi connectivity index (χ2n) is 11.4. The molecular weight excluding hydrogens is 705 g/mol. The van der Waals surface area contributed by atoms with Crippen molar-refractivity contribution in [2.45, 2.75) is 23.5 Å². The number of rotatable bonds is 10. The summed E-state index contributed by atoms with van der Waals surface area (Å²) in [6.45, 7) is 1.86. The SMILES string of the molecule is CCC(Sc1cccc(NC(=O)/C(=C\c2cccc(Cl)c2Cl)NC(=O)c2ccccc2)c1)C(=O)Nc1cccc2c1C(=O)c1ccccc1C2=O. The van der Waals surface area contributed by atoms with Gasteiger partial charge in [-0.05, 0) is 60.5 Å². The number of halogens is 2. The van der Waals surface area contributed by atoms with Crippen LogP contribution in [0.5, 0.6) is 0 Å². The minimum Gasteiger partial charge on any atom is -0.324 e. The van der Waals surface area contributed by atoms with E-state index in [1.54, 1.807) is 115 Å². The number of carbonyl (C=O) groups excluding carboxylic acids is 5. The van der Waals surface area contributed by atoms with Gasteiger partial charge in [-0.15, -0.1) is 11.8 Å². The molecule has 1 aliphatic carbocycles. The number of fused-ring (bicyclic) bond motifs is 2. The van der Waals surface area contributed by atoms with E-state index in [2.05, 4.69) is 16.0 Å². The molecule has 254 valence electrons. The maximum Gasteiger partial charge on any atom is 0.272 e. The number of thioether (sulfide) groups is 1. The van der Waals surface area contributed by atoms with Crippen LogP contribution in [0.15, 0.2) is 126 Å². The van der Waals surface area contributed by atoms with Crippen molar-refractivity contribution < 1.29 is 24.0 Å². The lowest BCUT2D eigenvalue weighted by Crippen LogP contribution is -2.30. The van der Waals surface area contributed by atoms with Crippen LogP contribution in [0.3, 0.4) is 0 Å². The van der Waals surface area contributed by atoms with Gasteiger partial charge in [0.1, 0.15) is 5.70 Å². The molecule has 11 heteroatoms. The van der Waals surface area contributed by atoms with Crippen LogP contribution in [0, 0.1) is 0 Å². The highest BCUT2D eigenvalue weighted by Gasteiger charge is 2.32. The van der Waals surface area contributed by atoms with E-state index in [9.17, 15) is 24.0 Å². The Bertz CT molecular complexity index is 2240. The van der Waals surface area contributed by atoms with E-state index in [1.807, 2.05) is 6.92 Å². The van der Waals surface area contributed by atoms with Gasteiger partial charge < -0.3 is 16.0 Å². The lowest BCUT2D eigenvalue weighted by Gasteiger charge is -2.21. The predicted molar refractivity (Wildman–Crippen MR) is 202 cm³/mol. The summed E-state index contributed by atoms with van der Waals surface area (Å²) in [5, 5.41) is 8.31. The number of benzene rings is 5. The van der Waals surface area contributed by atoms with E-state index in [0.717, 1.165) is 0 Å². The standard InChI is InChI=1S/C40H29Cl2N3O5S/c1-2-33(40(50)44-31-20-10-18-29-34(31)37(47)28-17-7-6-16-27(28)36(29)46)51-26-15-9-14-25(22-26)43-39(49)32(21-24-13-8-19-30(41)35(24)42)45-38(48)23-11-4-3-5-12-23/h3-22,33H,2H2,1H3,(H,43,49)(H,44,50)(H,45,48)/b32-21+. The lowest BCUT2D eigenvalue weighted by atomic mass is 9.83. The highest BCUT2D eigenvalue weighted by molar-refractivity contribution is 8.00. The molecule has 51 heavy (non-hydrogen) atoms. The number of hydrogen-bond donors (Lipinski definition) is 3. The molecule has 0 saturated carbocycles. The molecule has 0 heterocycles. The molecule has 1 atom stereocenters.